The van der Waals surface area contributed by atoms with Crippen molar-refractivity contribution in [1.82, 2.24) is 0 Å². The molecular formula is C18H29ClN2OS. The maximum Gasteiger partial charge on any atom is 0.224 e. The Labute approximate surface area is 150 Å². The van der Waals surface area contributed by atoms with Crippen LogP contribution in [0.2, 0.25) is 0 Å². The van der Waals surface area contributed by atoms with Gasteiger partial charge in [-0.3, -0.25) is 4.79 Å². The monoisotopic (exact) mass is 356 g/mol. The van der Waals surface area contributed by atoms with Crippen LogP contribution >= 0.6 is 24.2 Å². The number of benzene rings is 1. The number of amides is 1. The van der Waals surface area contributed by atoms with Gasteiger partial charge in [-0.2, -0.15) is 0 Å². The van der Waals surface area contributed by atoms with E-state index >= 15 is 0 Å². The standard InChI is InChI=1S/C18H28N2OS.ClH/c1-13-12-16(22-15-6-4-3-5-7-15)9-10-17(13)20-18(21)11-8-14(2)19;/h9-10,12,14-15H,3-8,11,19H2,1-2H3,(H,20,21);1H. The van der Waals surface area contributed by atoms with Gasteiger partial charge in [-0.15, -0.1) is 24.2 Å². The lowest BCUT2D eigenvalue weighted by Crippen LogP contribution is -2.19. The predicted octanol–water partition coefficient (Wildman–Crippen LogP) is 4.91. The second-order valence-corrected chi connectivity index (χ2v) is 7.79. The van der Waals surface area contributed by atoms with Crippen molar-refractivity contribution in [2.45, 2.75) is 75.0 Å². The highest BCUT2D eigenvalue weighted by atomic mass is 35.5. The summed E-state index contributed by atoms with van der Waals surface area (Å²) < 4.78 is 0. The molecule has 3 N–H and O–H groups in total. The van der Waals surface area contributed by atoms with Crippen molar-refractivity contribution in [2.24, 2.45) is 5.73 Å². The molecule has 1 atom stereocenters. The van der Waals surface area contributed by atoms with Gasteiger partial charge in [0.1, 0.15) is 0 Å². The summed E-state index contributed by atoms with van der Waals surface area (Å²) in [5.74, 6) is 0.0492. The van der Waals surface area contributed by atoms with E-state index in [1.807, 2.05) is 24.8 Å². The molecule has 0 spiro atoms. The highest BCUT2D eigenvalue weighted by Gasteiger charge is 2.15. The van der Waals surface area contributed by atoms with Gasteiger partial charge in [-0.1, -0.05) is 19.3 Å². The molecule has 23 heavy (non-hydrogen) atoms. The third kappa shape index (κ3) is 7.15. The number of aryl methyl sites for hydroxylation is 1. The largest absolute Gasteiger partial charge is 0.328 e. The van der Waals surface area contributed by atoms with Crippen LogP contribution in [-0.4, -0.2) is 17.2 Å². The Kier molecular flexibility index (Phi) is 9.03. The molecule has 0 heterocycles. The molecule has 1 fully saturated rings. The lowest BCUT2D eigenvalue weighted by Gasteiger charge is -2.21. The Balaban J connectivity index is 0.00000264. The smallest absolute Gasteiger partial charge is 0.224 e. The van der Waals surface area contributed by atoms with E-state index in [1.165, 1.54) is 37.0 Å². The Morgan fingerprint density at radius 1 is 1.35 bits per heavy atom. The average Bonchev–Trinajstić information content (AvgIpc) is 2.49. The van der Waals surface area contributed by atoms with E-state index < -0.39 is 0 Å². The predicted molar refractivity (Wildman–Crippen MR) is 103 cm³/mol. The Morgan fingerprint density at radius 2 is 2.04 bits per heavy atom. The van der Waals surface area contributed by atoms with Crippen LogP contribution in [0.5, 0.6) is 0 Å². The lowest BCUT2D eigenvalue weighted by atomic mass is 10.0. The van der Waals surface area contributed by atoms with Gasteiger partial charge in [0.2, 0.25) is 5.91 Å². The fourth-order valence-electron chi connectivity index (χ4n) is 2.80. The fourth-order valence-corrected chi connectivity index (χ4v) is 4.14. The Bertz CT molecular complexity index is 502. The summed E-state index contributed by atoms with van der Waals surface area (Å²) in [7, 11) is 0. The molecule has 1 unspecified atom stereocenters. The first-order chi connectivity index (χ1) is 10.5. The van der Waals surface area contributed by atoms with Crippen LogP contribution in [0.25, 0.3) is 0 Å². The van der Waals surface area contributed by atoms with Gasteiger partial charge in [0, 0.05) is 28.3 Å². The molecule has 1 saturated carbocycles. The van der Waals surface area contributed by atoms with Gasteiger partial charge in [-0.05, 0) is 56.9 Å². The van der Waals surface area contributed by atoms with Crippen molar-refractivity contribution >= 4 is 35.8 Å². The molecule has 0 radical (unpaired) electrons. The molecule has 0 saturated heterocycles. The third-order valence-corrected chi connectivity index (χ3v) is 5.48. The zero-order chi connectivity index (χ0) is 15.9. The van der Waals surface area contributed by atoms with Crippen molar-refractivity contribution in [3.63, 3.8) is 0 Å². The van der Waals surface area contributed by atoms with E-state index in [4.69, 9.17) is 5.73 Å². The van der Waals surface area contributed by atoms with E-state index in [2.05, 4.69) is 24.4 Å². The van der Waals surface area contributed by atoms with Crippen molar-refractivity contribution in [1.29, 1.82) is 0 Å². The molecule has 0 aromatic heterocycles. The number of hydrogen-bond acceptors (Lipinski definition) is 3. The number of halogens is 1. The van der Waals surface area contributed by atoms with E-state index in [0.29, 0.717) is 6.42 Å². The first kappa shape index (κ1) is 20.3. The van der Waals surface area contributed by atoms with E-state index in [1.54, 1.807) is 0 Å². The highest BCUT2D eigenvalue weighted by molar-refractivity contribution is 8.00. The zero-order valence-corrected chi connectivity index (χ0v) is 15.8. The molecular weight excluding hydrogens is 328 g/mol. The average molecular weight is 357 g/mol. The van der Waals surface area contributed by atoms with Crippen molar-refractivity contribution in [3.05, 3.63) is 23.8 Å². The second-order valence-electron chi connectivity index (χ2n) is 6.42. The van der Waals surface area contributed by atoms with Gasteiger partial charge in [0.05, 0.1) is 0 Å². The number of thioether (sulfide) groups is 1. The molecule has 1 aliphatic rings. The molecule has 0 aliphatic heterocycles. The molecule has 130 valence electrons. The van der Waals surface area contributed by atoms with Crippen LogP contribution < -0.4 is 11.1 Å². The minimum atomic E-state index is 0. The normalized spacial score (nSPS) is 16.5. The molecule has 1 aromatic carbocycles. The molecule has 2 rings (SSSR count). The Morgan fingerprint density at radius 3 is 2.65 bits per heavy atom. The quantitative estimate of drug-likeness (QED) is 0.761. The summed E-state index contributed by atoms with van der Waals surface area (Å²) in [5.41, 5.74) is 7.74. The number of hydrogen-bond donors (Lipinski definition) is 2. The zero-order valence-electron chi connectivity index (χ0n) is 14.1. The number of anilines is 1. The minimum absolute atomic E-state index is 0. The summed E-state index contributed by atoms with van der Waals surface area (Å²) in [5, 5.41) is 3.76. The van der Waals surface area contributed by atoms with Crippen molar-refractivity contribution in [3.8, 4) is 0 Å². The van der Waals surface area contributed by atoms with Crippen LogP contribution in [0.1, 0.15) is 57.4 Å². The molecule has 1 amide bonds. The molecule has 1 aliphatic carbocycles. The summed E-state index contributed by atoms with van der Waals surface area (Å²) >= 11 is 1.99. The summed E-state index contributed by atoms with van der Waals surface area (Å²) in [6.45, 7) is 3.99. The van der Waals surface area contributed by atoms with E-state index in [0.717, 1.165) is 22.9 Å². The number of rotatable bonds is 6. The summed E-state index contributed by atoms with van der Waals surface area (Å²) in [6.07, 6.45) is 7.99. The highest BCUT2D eigenvalue weighted by Crippen LogP contribution is 2.34. The van der Waals surface area contributed by atoms with E-state index in [-0.39, 0.29) is 24.4 Å². The maximum atomic E-state index is 11.9. The van der Waals surface area contributed by atoms with Crippen molar-refractivity contribution in [2.75, 3.05) is 5.32 Å². The Hall–Kier alpha value is -0.710. The maximum absolute atomic E-state index is 11.9. The minimum Gasteiger partial charge on any atom is -0.328 e. The number of nitrogens with two attached hydrogens (primary N) is 1. The topological polar surface area (TPSA) is 55.1 Å². The van der Waals surface area contributed by atoms with Crippen LogP contribution in [0.4, 0.5) is 5.69 Å². The first-order valence-electron chi connectivity index (χ1n) is 8.37. The summed E-state index contributed by atoms with van der Waals surface area (Å²) in [6, 6.07) is 6.43. The molecule has 0 bridgehead atoms. The number of carbonyl (C=O) groups excluding carboxylic acids is 1. The summed E-state index contributed by atoms with van der Waals surface area (Å²) in [4.78, 5) is 13.2. The molecule has 5 heteroatoms. The van der Waals surface area contributed by atoms with Crippen LogP contribution in [0, 0.1) is 6.92 Å². The van der Waals surface area contributed by atoms with Gasteiger partial charge >= 0.3 is 0 Å². The van der Waals surface area contributed by atoms with Gasteiger partial charge < -0.3 is 11.1 Å². The van der Waals surface area contributed by atoms with Gasteiger partial charge in [-0.25, -0.2) is 0 Å². The van der Waals surface area contributed by atoms with E-state index in [9.17, 15) is 4.79 Å². The van der Waals surface area contributed by atoms with Gasteiger partial charge in [0.15, 0.2) is 0 Å². The van der Waals surface area contributed by atoms with Crippen molar-refractivity contribution < 1.29 is 4.79 Å². The molecule has 1 aromatic rings. The van der Waals surface area contributed by atoms with Crippen LogP contribution in [-0.2, 0) is 4.79 Å². The first-order valence-corrected chi connectivity index (χ1v) is 9.25. The SMILES string of the molecule is Cc1cc(SC2CCCCC2)ccc1NC(=O)CCC(C)N.Cl. The van der Waals surface area contributed by atoms with Gasteiger partial charge in [0.25, 0.3) is 0 Å². The number of carbonyl (C=O) groups is 1. The van der Waals surface area contributed by atoms with Crippen LogP contribution in [0.15, 0.2) is 23.1 Å². The van der Waals surface area contributed by atoms with Crippen LogP contribution in [0.3, 0.4) is 0 Å². The number of nitrogens with one attached hydrogen (secondary N) is 1. The fraction of sp³-hybridized carbons (Fsp3) is 0.611. The second kappa shape index (κ2) is 10.2. The molecule has 3 nitrogen and oxygen atoms in total. The lowest BCUT2D eigenvalue weighted by molar-refractivity contribution is -0.116. The third-order valence-electron chi connectivity index (χ3n) is 4.15.